The van der Waals surface area contributed by atoms with E-state index in [1.807, 2.05) is 16.7 Å². The number of hydrogen-bond acceptors (Lipinski definition) is 2. The van der Waals surface area contributed by atoms with Gasteiger partial charge in [0.25, 0.3) is 0 Å². The minimum absolute atomic E-state index is 0.304. The summed E-state index contributed by atoms with van der Waals surface area (Å²) < 4.78 is 0. The van der Waals surface area contributed by atoms with Crippen LogP contribution in [0.3, 0.4) is 0 Å². The summed E-state index contributed by atoms with van der Waals surface area (Å²) in [4.78, 5) is 13.6. The zero-order valence-corrected chi connectivity index (χ0v) is 9.66. The van der Waals surface area contributed by atoms with Crippen LogP contribution in [-0.2, 0) is 4.79 Å². The van der Waals surface area contributed by atoms with Crippen molar-refractivity contribution in [3.63, 3.8) is 0 Å². The van der Waals surface area contributed by atoms with Crippen LogP contribution >= 0.6 is 27.7 Å². The highest BCUT2D eigenvalue weighted by atomic mass is 79.9. The number of carbonyl (C=O) groups is 1. The van der Waals surface area contributed by atoms with Crippen molar-refractivity contribution in [2.24, 2.45) is 0 Å². The van der Waals surface area contributed by atoms with E-state index in [2.05, 4.69) is 22.2 Å². The molecule has 0 aromatic heterocycles. The van der Waals surface area contributed by atoms with Gasteiger partial charge in [-0.1, -0.05) is 15.9 Å². The van der Waals surface area contributed by atoms with E-state index in [1.165, 1.54) is 0 Å². The molecule has 0 aliphatic carbocycles. The van der Waals surface area contributed by atoms with Crippen LogP contribution in [0.5, 0.6) is 0 Å². The van der Waals surface area contributed by atoms with Crippen LogP contribution in [0.15, 0.2) is 0 Å². The second kappa shape index (κ2) is 5.12. The summed E-state index contributed by atoms with van der Waals surface area (Å²) in [5.41, 5.74) is 0. The Hall–Kier alpha value is 0.300. The molecule has 12 heavy (non-hydrogen) atoms. The van der Waals surface area contributed by atoms with Crippen molar-refractivity contribution >= 4 is 33.6 Å². The first-order valence-corrected chi connectivity index (χ1v) is 6.45. The zero-order chi connectivity index (χ0) is 8.97. The molecule has 0 spiro atoms. The van der Waals surface area contributed by atoms with Gasteiger partial charge >= 0.3 is 0 Å². The molecule has 4 heteroatoms. The lowest BCUT2D eigenvalue weighted by Gasteiger charge is -2.14. The van der Waals surface area contributed by atoms with Gasteiger partial charge in [0.05, 0.1) is 0 Å². The average molecular weight is 252 g/mol. The van der Waals surface area contributed by atoms with E-state index < -0.39 is 0 Å². The maximum absolute atomic E-state index is 11.3. The second-order valence-electron chi connectivity index (χ2n) is 2.99. The first kappa shape index (κ1) is 10.4. The zero-order valence-electron chi connectivity index (χ0n) is 7.25. The van der Waals surface area contributed by atoms with Gasteiger partial charge in [-0.3, -0.25) is 4.79 Å². The van der Waals surface area contributed by atoms with E-state index in [9.17, 15) is 4.79 Å². The first-order valence-electron chi connectivity index (χ1n) is 4.15. The third kappa shape index (κ3) is 2.98. The highest BCUT2D eigenvalue weighted by molar-refractivity contribution is 9.09. The third-order valence-corrected chi connectivity index (χ3v) is 3.25. The number of hydrogen-bond donors (Lipinski definition) is 0. The van der Waals surface area contributed by atoms with Crippen molar-refractivity contribution in [1.82, 2.24) is 4.90 Å². The minimum Gasteiger partial charge on any atom is -0.342 e. The van der Waals surface area contributed by atoms with E-state index in [1.54, 1.807) is 0 Å². The third-order valence-electron chi connectivity index (χ3n) is 1.94. The monoisotopic (exact) mass is 251 g/mol. The number of thioether (sulfide) groups is 1. The van der Waals surface area contributed by atoms with Crippen molar-refractivity contribution in [3.8, 4) is 0 Å². The number of amides is 1. The molecule has 0 bridgehead atoms. The lowest BCUT2D eigenvalue weighted by Crippen LogP contribution is -2.26. The van der Waals surface area contributed by atoms with Gasteiger partial charge in [-0.05, 0) is 18.4 Å². The van der Waals surface area contributed by atoms with Gasteiger partial charge < -0.3 is 4.90 Å². The Bertz CT molecular complexity index is 165. The van der Waals surface area contributed by atoms with Crippen molar-refractivity contribution in [2.45, 2.75) is 17.7 Å². The smallest absolute Gasteiger partial charge is 0.223 e. The van der Waals surface area contributed by atoms with E-state index in [4.69, 9.17) is 0 Å². The molecule has 0 N–H and O–H groups in total. The normalized spacial score (nSPS) is 23.7. The maximum atomic E-state index is 11.3. The molecule has 70 valence electrons. The highest BCUT2D eigenvalue weighted by Crippen LogP contribution is 2.18. The van der Waals surface area contributed by atoms with E-state index in [-0.39, 0.29) is 0 Å². The standard InChI is InChI=1S/C8H14BrNOS/c1-12-4-2-3-10-6-7(9)5-8(10)11/h7H,2-6H2,1H3. The SMILES string of the molecule is CSCCCN1CC(Br)CC1=O. The molecule has 0 aromatic carbocycles. The molecular formula is C8H14BrNOS. The molecule has 0 radical (unpaired) electrons. The van der Waals surface area contributed by atoms with Crippen molar-refractivity contribution in [1.29, 1.82) is 0 Å². The molecule has 1 unspecified atom stereocenters. The number of carbonyl (C=O) groups excluding carboxylic acids is 1. The van der Waals surface area contributed by atoms with Crippen molar-refractivity contribution < 1.29 is 4.79 Å². The van der Waals surface area contributed by atoms with Gasteiger partial charge in [0.1, 0.15) is 0 Å². The summed E-state index contributed by atoms with van der Waals surface area (Å²) >= 11 is 5.30. The Morgan fingerprint density at radius 1 is 1.75 bits per heavy atom. The van der Waals surface area contributed by atoms with Gasteiger partial charge in [0.15, 0.2) is 0 Å². The van der Waals surface area contributed by atoms with Crippen LogP contribution in [0.25, 0.3) is 0 Å². The molecule has 1 heterocycles. The van der Waals surface area contributed by atoms with Crippen LogP contribution in [0, 0.1) is 0 Å². The van der Waals surface area contributed by atoms with Crippen LogP contribution in [0.4, 0.5) is 0 Å². The van der Waals surface area contributed by atoms with E-state index >= 15 is 0 Å². The lowest BCUT2D eigenvalue weighted by atomic mass is 10.4. The summed E-state index contributed by atoms with van der Waals surface area (Å²) in [5.74, 6) is 1.45. The summed E-state index contributed by atoms with van der Waals surface area (Å²) in [6, 6.07) is 0. The predicted octanol–water partition coefficient (Wildman–Crippen LogP) is 1.74. The molecular weight excluding hydrogens is 238 g/mol. The number of nitrogens with zero attached hydrogens (tertiary/aromatic N) is 1. The second-order valence-corrected chi connectivity index (χ2v) is 5.27. The summed E-state index contributed by atoms with van der Waals surface area (Å²) in [6.45, 7) is 1.83. The summed E-state index contributed by atoms with van der Waals surface area (Å²) in [5, 5.41) is 0. The number of alkyl halides is 1. The fourth-order valence-electron chi connectivity index (χ4n) is 1.34. The van der Waals surface area contributed by atoms with Crippen LogP contribution in [-0.4, -0.2) is 40.7 Å². The first-order chi connectivity index (χ1) is 5.74. The van der Waals surface area contributed by atoms with Crippen LogP contribution < -0.4 is 0 Å². The fraction of sp³-hybridized carbons (Fsp3) is 0.875. The average Bonchev–Trinajstić information content (AvgIpc) is 2.31. The van der Waals surface area contributed by atoms with Gasteiger partial charge in [-0.15, -0.1) is 0 Å². The minimum atomic E-state index is 0.304. The quantitative estimate of drug-likeness (QED) is 0.561. The Labute approximate surface area is 86.2 Å². The van der Waals surface area contributed by atoms with Gasteiger partial charge in [0, 0.05) is 24.3 Å². The van der Waals surface area contributed by atoms with E-state index in [0.29, 0.717) is 17.2 Å². The molecule has 1 fully saturated rings. The molecule has 2 nitrogen and oxygen atoms in total. The molecule has 1 amide bonds. The van der Waals surface area contributed by atoms with E-state index in [0.717, 1.165) is 25.3 Å². The van der Waals surface area contributed by atoms with Gasteiger partial charge in [0.2, 0.25) is 5.91 Å². The Morgan fingerprint density at radius 3 is 3.00 bits per heavy atom. The predicted molar refractivity (Wildman–Crippen MR) is 56.9 cm³/mol. The number of likely N-dealkylation sites (tertiary alicyclic amines) is 1. The lowest BCUT2D eigenvalue weighted by molar-refractivity contribution is -0.127. The Balaban J connectivity index is 2.19. The van der Waals surface area contributed by atoms with Crippen LogP contribution in [0.2, 0.25) is 0 Å². The van der Waals surface area contributed by atoms with Crippen molar-refractivity contribution in [3.05, 3.63) is 0 Å². The maximum Gasteiger partial charge on any atom is 0.223 e. The Kier molecular flexibility index (Phi) is 4.43. The molecule has 1 aliphatic rings. The number of rotatable bonds is 4. The molecule has 1 rings (SSSR count). The molecule has 1 aliphatic heterocycles. The largest absolute Gasteiger partial charge is 0.342 e. The fourth-order valence-corrected chi connectivity index (χ4v) is 2.38. The number of halogens is 1. The highest BCUT2D eigenvalue weighted by Gasteiger charge is 2.26. The summed E-state index contributed by atoms with van der Waals surface area (Å²) in [7, 11) is 0. The summed E-state index contributed by atoms with van der Waals surface area (Å²) in [6.07, 6.45) is 3.89. The van der Waals surface area contributed by atoms with Gasteiger partial charge in [-0.25, -0.2) is 0 Å². The van der Waals surface area contributed by atoms with Crippen molar-refractivity contribution in [2.75, 3.05) is 25.1 Å². The Morgan fingerprint density at radius 2 is 2.50 bits per heavy atom. The van der Waals surface area contributed by atoms with Crippen LogP contribution in [0.1, 0.15) is 12.8 Å². The molecule has 1 atom stereocenters. The molecule has 0 aromatic rings. The molecule has 0 saturated carbocycles. The topological polar surface area (TPSA) is 20.3 Å². The van der Waals surface area contributed by atoms with Gasteiger partial charge in [-0.2, -0.15) is 11.8 Å². The molecule has 1 saturated heterocycles.